The first-order valence-electron chi connectivity index (χ1n) is 7.76. The van der Waals surface area contributed by atoms with Gasteiger partial charge in [-0.1, -0.05) is 0 Å². The molecule has 1 heterocycles. The van der Waals surface area contributed by atoms with E-state index in [2.05, 4.69) is 10.2 Å². The van der Waals surface area contributed by atoms with E-state index in [0.717, 1.165) is 19.3 Å². The quantitative estimate of drug-likeness (QED) is 0.754. The van der Waals surface area contributed by atoms with E-state index in [1.54, 1.807) is 0 Å². The molecule has 2 aliphatic rings. The second kappa shape index (κ2) is 6.22. The number of carbonyl (C=O) groups excluding carboxylic acids is 1. The largest absolute Gasteiger partial charge is 0.368 e. The number of hydrogen-bond donors (Lipinski definition) is 2. The molecule has 2 atom stereocenters. The van der Waals surface area contributed by atoms with Crippen molar-refractivity contribution in [2.24, 2.45) is 5.73 Å². The van der Waals surface area contributed by atoms with Crippen molar-refractivity contribution in [3.05, 3.63) is 0 Å². The Morgan fingerprint density at radius 3 is 2.48 bits per heavy atom. The van der Waals surface area contributed by atoms with Crippen LogP contribution in [0.1, 0.15) is 39.5 Å². The van der Waals surface area contributed by atoms with E-state index in [1.165, 1.54) is 0 Å². The lowest BCUT2D eigenvalue weighted by molar-refractivity contribution is -0.127. The van der Waals surface area contributed by atoms with Gasteiger partial charge in [0, 0.05) is 25.2 Å². The molecule has 2 unspecified atom stereocenters. The molecule has 7 heteroatoms. The number of nitrogens with one attached hydrogen (secondary N) is 1. The highest BCUT2D eigenvalue weighted by Gasteiger charge is 2.43. The molecule has 0 radical (unpaired) electrons. The van der Waals surface area contributed by atoms with E-state index in [4.69, 9.17) is 5.73 Å². The van der Waals surface area contributed by atoms with E-state index >= 15 is 0 Å². The summed E-state index contributed by atoms with van der Waals surface area (Å²) in [7, 11) is -2.87. The van der Waals surface area contributed by atoms with E-state index in [1.807, 2.05) is 13.8 Å². The maximum absolute atomic E-state index is 12.0. The number of nitrogens with zero attached hydrogens (tertiary/aromatic N) is 1. The number of hydrogen-bond acceptors (Lipinski definition) is 5. The zero-order valence-corrected chi connectivity index (χ0v) is 13.8. The minimum absolute atomic E-state index is 0.193. The van der Waals surface area contributed by atoms with Gasteiger partial charge in [-0.3, -0.25) is 9.69 Å². The third kappa shape index (κ3) is 3.96. The summed E-state index contributed by atoms with van der Waals surface area (Å²) >= 11 is 0. The SMILES string of the molecule is CC(C)NC1(C(N)=O)CCCC(N2CCS(=O)(=O)CC2)C1. The van der Waals surface area contributed by atoms with Crippen molar-refractivity contribution in [3.63, 3.8) is 0 Å². The summed E-state index contributed by atoms with van der Waals surface area (Å²) < 4.78 is 23.1. The van der Waals surface area contributed by atoms with E-state index in [9.17, 15) is 13.2 Å². The zero-order valence-electron chi connectivity index (χ0n) is 13.0. The van der Waals surface area contributed by atoms with Gasteiger partial charge in [-0.05, 0) is 39.5 Å². The first kappa shape index (κ1) is 16.7. The molecule has 0 aromatic carbocycles. The summed E-state index contributed by atoms with van der Waals surface area (Å²) in [4.78, 5) is 14.2. The van der Waals surface area contributed by atoms with Crippen LogP contribution in [0, 0.1) is 0 Å². The number of carbonyl (C=O) groups is 1. The number of nitrogens with two attached hydrogens (primary N) is 1. The standard InChI is InChI=1S/C14H27N3O3S/c1-11(2)16-14(13(15)18)5-3-4-12(10-14)17-6-8-21(19,20)9-7-17/h11-12,16H,3-10H2,1-2H3,(H2,15,18). The average Bonchev–Trinajstić information content (AvgIpc) is 2.38. The van der Waals surface area contributed by atoms with Gasteiger partial charge in [0.05, 0.1) is 17.0 Å². The number of amides is 1. The first-order chi connectivity index (χ1) is 9.74. The molecule has 1 saturated carbocycles. The minimum Gasteiger partial charge on any atom is -0.368 e. The molecular weight excluding hydrogens is 290 g/mol. The summed E-state index contributed by atoms with van der Waals surface area (Å²) in [6, 6.07) is 0.436. The van der Waals surface area contributed by atoms with Gasteiger partial charge < -0.3 is 11.1 Å². The van der Waals surface area contributed by atoms with Gasteiger partial charge in [0.1, 0.15) is 0 Å². The van der Waals surface area contributed by atoms with Crippen molar-refractivity contribution in [2.75, 3.05) is 24.6 Å². The molecule has 1 aliphatic heterocycles. The minimum atomic E-state index is -2.87. The van der Waals surface area contributed by atoms with Crippen LogP contribution in [0.25, 0.3) is 0 Å². The summed E-state index contributed by atoms with van der Waals surface area (Å²) in [6.07, 6.45) is 3.40. The highest BCUT2D eigenvalue weighted by molar-refractivity contribution is 7.91. The van der Waals surface area contributed by atoms with Gasteiger partial charge in [-0.25, -0.2) is 8.42 Å². The maximum Gasteiger partial charge on any atom is 0.237 e. The monoisotopic (exact) mass is 317 g/mol. The lowest BCUT2D eigenvalue weighted by Gasteiger charge is -2.45. The fourth-order valence-electron chi connectivity index (χ4n) is 3.63. The number of sulfone groups is 1. The average molecular weight is 317 g/mol. The van der Waals surface area contributed by atoms with Crippen LogP contribution in [0.5, 0.6) is 0 Å². The fourth-order valence-corrected chi connectivity index (χ4v) is 4.86. The molecule has 1 aliphatic carbocycles. The van der Waals surface area contributed by atoms with Crippen LogP contribution >= 0.6 is 0 Å². The zero-order chi connectivity index (χ0) is 15.7. The van der Waals surface area contributed by atoms with Crippen molar-refractivity contribution in [3.8, 4) is 0 Å². The van der Waals surface area contributed by atoms with Crippen LogP contribution < -0.4 is 11.1 Å². The summed E-state index contributed by atoms with van der Waals surface area (Å²) in [5.74, 6) is 0.167. The Hall–Kier alpha value is -0.660. The Kier molecular flexibility index (Phi) is 4.95. The Labute approximate surface area is 127 Å². The smallest absolute Gasteiger partial charge is 0.237 e. The third-order valence-electron chi connectivity index (χ3n) is 4.66. The van der Waals surface area contributed by atoms with Crippen molar-refractivity contribution in [2.45, 2.75) is 57.2 Å². The number of rotatable bonds is 4. The molecule has 1 amide bonds. The molecule has 0 bridgehead atoms. The molecule has 2 rings (SSSR count). The molecule has 6 nitrogen and oxygen atoms in total. The van der Waals surface area contributed by atoms with Crippen LogP contribution in [-0.4, -0.2) is 61.4 Å². The Balaban J connectivity index is 2.07. The van der Waals surface area contributed by atoms with Crippen LogP contribution in [-0.2, 0) is 14.6 Å². The summed E-state index contributed by atoms with van der Waals surface area (Å²) in [5, 5.41) is 3.36. The van der Waals surface area contributed by atoms with E-state index in [0.29, 0.717) is 19.5 Å². The van der Waals surface area contributed by atoms with Crippen LogP contribution in [0.3, 0.4) is 0 Å². The third-order valence-corrected chi connectivity index (χ3v) is 6.27. The van der Waals surface area contributed by atoms with Crippen LogP contribution in [0.4, 0.5) is 0 Å². The Morgan fingerprint density at radius 1 is 1.33 bits per heavy atom. The molecule has 2 fully saturated rings. The van der Waals surface area contributed by atoms with Gasteiger partial charge in [-0.2, -0.15) is 0 Å². The molecule has 3 N–H and O–H groups in total. The second-order valence-electron chi connectivity index (χ2n) is 6.68. The van der Waals surface area contributed by atoms with E-state index < -0.39 is 15.4 Å². The summed E-state index contributed by atoms with van der Waals surface area (Å²) in [5.41, 5.74) is 5.02. The first-order valence-corrected chi connectivity index (χ1v) is 9.58. The second-order valence-corrected chi connectivity index (χ2v) is 8.99. The van der Waals surface area contributed by atoms with Crippen LogP contribution in [0.2, 0.25) is 0 Å². The number of primary amides is 1. The lowest BCUT2D eigenvalue weighted by atomic mass is 9.77. The Bertz CT molecular complexity index is 478. The predicted molar refractivity (Wildman–Crippen MR) is 82.7 cm³/mol. The molecule has 0 aromatic rings. The summed E-state index contributed by atoms with van der Waals surface area (Å²) in [6.45, 7) is 5.18. The van der Waals surface area contributed by atoms with Gasteiger partial charge in [-0.15, -0.1) is 0 Å². The van der Waals surface area contributed by atoms with Gasteiger partial charge >= 0.3 is 0 Å². The fraction of sp³-hybridized carbons (Fsp3) is 0.929. The highest BCUT2D eigenvalue weighted by Crippen LogP contribution is 2.32. The normalized spacial score (nSPS) is 34.0. The van der Waals surface area contributed by atoms with Gasteiger partial charge in [0.25, 0.3) is 0 Å². The van der Waals surface area contributed by atoms with Gasteiger partial charge in [0.15, 0.2) is 9.84 Å². The molecule has 122 valence electrons. The van der Waals surface area contributed by atoms with Gasteiger partial charge in [0.2, 0.25) is 5.91 Å². The topological polar surface area (TPSA) is 92.5 Å². The molecule has 1 saturated heterocycles. The molecule has 0 aromatic heterocycles. The van der Waals surface area contributed by atoms with E-state index in [-0.39, 0.29) is 29.5 Å². The molecule has 0 spiro atoms. The van der Waals surface area contributed by atoms with Crippen molar-refractivity contribution in [1.82, 2.24) is 10.2 Å². The predicted octanol–water partition coefficient (Wildman–Crippen LogP) is -0.118. The van der Waals surface area contributed by atoms with Crippen molar-refractivity contribution < 1.29 is 13.2 Å². The Morgan fingerprint density at radius 2 is 1.95 bits per heavy atom. The van der Waals surface area contributed by atoms with Crippen molar-refractivity contribution >= 4 is 15.7 Å². The highest BCUT2D eigenvalue weighted by atomic mass is 32.2. The lowest BCUT2D eigenvalue weighted by Crippen LogP contribution is -2.63. The maximum atomic E-state index is 12.0. The van der Waals surface area contributed by atoms with Crippen molar-refractivity contribution in [1.29, 1.82) is 0 Å². The van der Waals surface area contributed by atoms with Crippen LogP contribution in [0.15, 0.2) is 0 Å². The molecule has 21 heavy (non-hydrogen) atoms. The molecular formula is C14H27N3O3S.